The first-order valence-electron chi connectivity index (χ1n) is 7.49. The highest BCUT2D eigenvalue weighted by atomic mass is 35.5. The van der Waals surface area contributed by atoms with Gasteiger partial charge in [0.05, 0.1) is 5.02 Å². The predicted molar refractivity (Wildman–Crippen MR) is 90.9 cm³/mol. The molecule has 7 heteroatoms. The van der Waals surface area contributed by atoms with Crippen LogP contribution in [0.25, 0.3) is 0 Å². The summed E-state index contributed by atoms with van der Waals surface area (Å²) in [4.78, 5) is 16.6. The van der Waals surface area contributed by atoms with Gasteiger partial charge in [-0.3, -0.25) is 14.4 Å². The van der Waals surface area contributed by atoms with Crippen molar-refractivity contribution in [2.45, 2.75) is 6.54 Å². The van der Waals surface area contributed by atoms with Crippen LogP contribution in [-0.2, 0) is 13.6 Å². The molecule has 23 heavy (non-hydrogen) atoms. The third kappa shape index (κ3) is 3.68. The monoisotopic (exact) mass is 352 g/mol. The summed E-state index contributed by atoms with van der Waals surface area (Å²) in [5, 5.41) is 5.33. The highest BCUT2D eigenvalue weighted by molar-refractivity contribution is 6.33. The van der Waals surface area contributed by atoms with E-state index in [9.17, 15) is 4.79 Å². The number of nitrogens with zero attached hydrogens (tertiary/aromatic N) is 4. The zero-order valence-electron chi connectivity index (χ0n) is 12.9. The fourth-order valence-corrected chi connectivity index (χ4v) is 3.19. The molecule has 0 N–H and O–H groups in total. The van der Waals surface area contributed by atoms with Crippen LogP contribution in [0, 0.1) is 0 Å². The summed E-state index contributed by atoms with van der Waals surface area (Å²) in [5.74, 6) is -0.104. The number of hydrogen-bond acceptors (Lipinski definition) is 3. The third-order valence-corrected chi connectivity index (χ3v) is 4.64. The van der Waals surface area contributed by atoms with E-state index >= 15 is 0 Å². The van der Waals surface area contributed by atoms with E-state index in [1.165, 1.54) is 0 Å². The Hall–Kier alpha value is -1.56. The molecule has 0 bridgehead atoms. The molecule has 0 spiro atoms. The molecule has 1 saturated heterocycles. The Labute approximate surface area is 145 Å². The smallest absolute Gasteiger partial charge is 0.276 e. The molecule has 3 rings (SSSR count). The highest BCUT2D eigenvalue weighted by Crippen LogP contribution is 2.19. The summed E-state index contributed by atoms with van der Waals surface area (Å²) in [6.07, 6.45) is 1.64. The van der Waals surface area contributed by atoms with Gasteiger partial charge in [-0.05, 0) is 11.6 Å². The van der Waals surface area contributed by atoms with E-state index in [2.05, 4.69) is 10.00 Å². The fourth-order valence-electron chi connectivity index (χ4n) is 2.73. The largest absolute Gasteiger partial charge is 0.335 e. The van der Waals surface area contributed by atoms with Crippen LogP contribution >= 0.6 is 23.2 Å². The summed E-state index contributed by atoms with van der Waals surface area (Å²) in [6.45, 7) is 3.74. The van der Waals surface area contributed by atoms with Gasteiger partial charge in [0, 0.05) is 51.0 Å². The molecule has 0 saturated carbocycles. The maximum absolute atomic E-state index is 12.5. The summed E-state index contributed by atoms with van der Waals surface area (Å²) in [7, 11) is 1.75. The van der Waals surface area contributed by atoms with E-state index < -0.39 is 0 Å². The number of carbonyl (C=O) groups excluding carboxylic acids is 1. The van der Waals surface area contributed by atoms with Crippen molar-refractivity contribution in [3.05, 3.63) is 51.8 Å². The topological polar surface area (TPSA) is 41.4 Å². The quantitative estimate of drug-likeness (QED) is 0.852. The van der Waals surface area contributed by atoms with Crippen LogP contribution in [0.5, 0.6) is 0 Å². The lowest BCUT2D eigenvalue weighted by Crippen LogP contribution is -2.48. The lowest BCUT2D eigenvalue weighted by atomic mass is 10.2. The Balaban J connectivity index is 1.59. The number of carbonyl (C=O) groups is 1. The molecule has 0 unspecified atom stereocenters. The minimum Gasteiger partial charge on any atom is -0.335 e. The van der Waals surface area contributed by atoms with E-state index in [1.807, 2.05) is 24.3 Å². The zero-order chi connectivity index (χ0) is 16.4. The minimum absolute atomic E-state index is 0.104. The minimum atomic E-state index is -0.104. The number of hydrogen-bond donors (Lipinski definition) is 0. The lowest BCUT2D eigenvalue weighted by Gasteiger charge is -2.34. The third-order valence-electron chi connectivity index (χ3n) is 4.00. The molecule has 2 heterocycles. The standard InChI is InChI=1S/C16H18Cl2N4O/c1-20-11-14(18)15(19-20)16(23)22-8-6-21(7-9-22)10-12-4-2-3-5-13(12)17/h2-5,11H,6-10H2,1H3. The Kier molecular flexibility index (Phi) is 4.90. The number of aryl methyl sites for hydroxylation is 1. The molecule has 5 nitrogen and oxygen atoms in total. The van der Waals surface area contributed by atoms with E-state index in [0.717, 1.165) is 30.2 Å². The molecule has 1 aliphatic rings. The van der Waals surface area contributed by atoms with Crippen molar-refractivity contribution in [1.29, 1.82) is 0 Å². The second kappa shape index (κ2) is 6.91. The maximum atomic E-state index is 12.5. The van der Waals surface area contributed by atoms with Crippen molar-refractivity contribution in [2.75, 3.05) is 26.2 Å². The van der Waals surface area contributed by atoms with Crippen LogP contribution in [0.2, 0.25) is 10.0 Å². The average Bonchev–Trinajstić information content (AvgIpc) is 2.88. The number of halogens is 2. The van der Waals surface area contributed by atoms with Crippen molar-refractivity contribution in [1.82, 2.24) is 19.6 Å². The van der Waals surface area contributed by atoms with Crippen LogP contribution < -0.4 is 0 Å². The Morgan fingerprint density at radius 2 is 1.83 bits per heavy atom. The Bertz CT molecular complexity index is 708. The summed E-state index contributed by atoms with van der Waals surface area (Å²) < 4.78 is 1.56. The summed E-state index contributed by atoms with van der Waals surface area (Å²) >= 11 is 12.3. The molecular weight excluding hydrogens is 335 g/mol. The van der Waals surface area contributed by atoms with Gasteiger partial charge >= 0.3 is 0 Å². The van der Waals surface area contributed by atoms with Crippen LogP contribution in [0.3, 0.4) is 0 Å². The number of aromatic nitrogens is 2. The number of piperazine rings is 1. The molecule has 2 aromatic rings. The maximum Gasteiger partial charge on any atom is 0.276 e. The van der Waals surface area contributed by atoms with Crippen molar-refractivity contribution in [2.24, 2.45) is 7.05 Å². The van der Waals surface area contributed by atoms with Crippen LogP contribution in [0.4, 0.5) is 0 Å². The normalized spacial score (nSPS) is 15.9. The van der Waals surface area contributed by atoms with Crippen molar-refractivity contribution >= 4 is 29.1 Å². The van der Waals surface area contributed by atoms with Crippen molar-refractivity contribution < 1.29 is 4.79 Å². The van der Waals surface area contributed by atoms with E-state index in [4.69, 9.17) is 23.2 Å². The van der Waals surface area contributed by atoms with Gasteiger partial charge in [-0.2, -0.15) is 5.10 Å². The first kappa shape index (κ1) is 16.3. The van der Waals surface area contributed by atoms with Gasteiger partial charge in [0.25, 0.3) is 5.91 Å². The van der Waals surface area contributed by atoms with Gasteiger partial charge in [0.15, 0.2) is 5.69 Å². The summed E-state index contributed by atoms with van der Waals surface area (Å²) in [5.41, 5.74) is 1.44. The molecular formula is C16H18Cl2N4O. The molecule has 1 aliphatic heterocycles. The van der Waals surface area contributed by atoms with Gasteiger partial charge in [0.1, 0.15) is 0 Å². The summed E-state index contributed by atoms with van der Waals surface area (Å²) in [6, 6.07) is 7.86. The lowest BCUT2D eigenvalue weighted by molar-refractivity contribution is 0.0622. The van der Waals surface area contributed by atoms with Gasteiger partial charge in [-0.25, -0.2) is 0 Å². The first-order chi connectivity index (χ1) is 11.0. The van der Waals surface area contributed by atoms with Gasteiger partial charge < -0.3 is 4.90 Å². The van der Waals surface area contributed by atoms with Gasteiger partial charge in [-0.1, -0.05) is 41.4 Å². The predicted octanol–water partition coefficient (Wildman–Crippen LogP) is 2.68. The second-order valence-corrected chi connectivity index (χ2v) is 6.47. The molecule has 0 radical (unpaired) electrons. The number of amides is 1. The van der Waals surface area contributed by atoms with Gasteiger partial charge in [0.2, 0.25) is 0 Å². The van der Waals surface area contributed by atoms with Crippen LogP contribution in [0.1, 0.15) is 16.1 Å². The van der Waals surface area contributed by atoms with Crippen LogP contribution in [0.15, 0.2) is 30.5 Å². The van der Waals surface area contributed by atoms with Crippen molar-refractivity contribution in [3.8, 4) is 0 Å². The molecule has 1 aromatic heterocycles. The van der Waals surface area contributed by atoms with Gasteiger partial charge in [-0.15, -0.1) is 0 Å². The SMILES string of the molecule is Cn1cc(Cl)c(C(=O)N2CCN(Cc3ccccc3Cl)CC2)n1. The first-order valence-corrected chi connectivity index (χ1v) is 8.24. The Morgan fingerprint density at radius 3 is 2.43 bits per heavy atom. The molecule has 1 fully saturated rings. The molecule has 1 amide bonds. The number of rotatable bonds is 3. The number of benzene rings is 1. The Morgan fingerprint density at radius 1 is 1.13 bits per heavy atom. The van der Waals surface area contributed by atoms with E-state index in [1.54, 1.807) is 22.8 Å². The highest BCUT2D eigenvalue weighted by Gasteiger charge is 2.25. The van der Waals surface area contributed by atoms with E-state index in [0.29, 0.717) is 23.8 Å². The second-order valence-electron chi connectivity index (χ2n) is 5.66. The molecule has 1 aromatic carbocycles. The van der Waals surface area contributed by atoms with Crippen molar-refractivity contribution in [3.63, 3.8) is 0 Å². The van der Waals surface area contributed by atoms with Crippen LogP contribution in [-0.4, -0.2) is 51.7 Å². The zero-order valence-corrected chi connectivity index (χ0v) is 14.4. The molecule has 122 valence electrons. The average molecular weight is 353 g/mol. The molecule has 0 atom stereocenters. The molecule has 0 aliphatic carbocycles. The van der Waals surface area contributed by atoms with E-state index in [-0.39, 0.29) is 5.91 Å². The fraction of sp³-hybridized carbons (Fsp3) is 0.375.